The quantitative estimate of drug-likeness (QED) is 0.237. The molecule has 0 saturated carbocycles. The van der Waals surface area contributed by atoms with E-state index < -0.39 is 0 Å². The molecule has 4 heteroatoms. The average molecular weight is 515 g/mol. The Bertz CT molecular complexity index is 2090. The van der Waals surface area contributed by atoms with Gasteiger partial charge >= 0.3 is 0 Å². The molecule has 0 saturated heterocycles. The minimum Gasteiger partial charge on any atom is -0.265 e. The Morgan fingerprint density at radius 1 is 0.550 bits per heavy atom. The van der Waals surface area contributed by atoms with Gasteiger partial charge in [0.25, 0.3) is 0 Å². The summed E-state index contributed by atoms with van der Waals surface area (Å²) in [6.45, 7) is 4.66. The van der Waals surface area contributed by atoms with Crippen LogP contribution in [0.1, 0.15) is 25.0 Å². The van der Waals surface area contributed by atoms with Crippen molar-refractivity contribution < 1.29 is 0 Å². The summed E-state index contributed by atoms with van der Waals surface area (Å²) in [7, 11) is 0. The lowest BCUT2D eigenvalue weighted by Crippen LogP contribution is -2.14. The Balaban J connectivity index is 1.30. The molecule has 7 aromatic rings. The second-order valence-corrected chi connectivity index (χ2v) is 11.0. The Morgan fingerprint density at radius 3 is 2.20 bits per heavy atom. The molecule has 40 heavy (non-hydrogen) atoms. The largest absolute Gasteiger partial charge is 0.265 e. The first-order chi connectivity index (χ1) is 19.6. The topological polar surface area (TPSA) is 43.6 Å². The van der Waals surface area contributed by atoms with Gasteiger partial charge in [-0.05, 0) is 86.3 Å². The van der Waals surface area contributed by atoms with Crippen molar-refractivity contribution in [1.29, 1.82) is 0 Å². The van der Waals surface area contributed by atoms with Crippen LogP contribution in [0.25, 0.3) is 60.9 Å². The maximum atomic E-state index is 4.98. The monoisotopic (exact) mass is 514 g/mol. The van der Waals surface area contributed by atoms with Crippen molar-refractivity contribution in [2.45, 2.75) is 19.3 Å². The van der Waals surface area contributed by atoms with Crippen LogP contribution in [-0.2, 0) is 5.41 Å². The summed E-state index contributed by atoms with van der Waals surface area (Å²) in [6.07, 6.45) is 3.63. The van der Waals surface area contributed by atoms with Crippen molar-refractivity contribution in [3.05, 3.63) is 133 Å². The minimum absolute atomic E-state index is 0.0508. The number of hydrogen-bond acceptors (Lipinski definition) is 3. The molecule has 190 valence electrons. The van der Waals surface area contributed by atoms with Crippen molar-refractivity contribution in [2.75, 3.05) is 0 Å². The summed E-state index contributed by atoms with van der Waals surface area (Å²) in [4.78, 5) is 5.91. The number of aromatic nitrogens is 4. The molecule has 0 atom stereocenters. The van der Waals surface area contributed by atoms with Gasteiger partial charge < -0.3 is 0 Å². The van der Waals surface area contributed by atoms with Gasteiger partial charge in [0.2, 0.25) is 0 Å². The van der Waals surface area contributed by atoms with E-state index in [-0.39, 0.29) is 5.41 Å². The minimum atomic E-state index is -0.0508. The molecule has 0 aliphatic heterocycles. The van der Waals surface area contributed by atoms with Crippen LogP contribution in [0.5, 0.6) is 0 Å². The van der Waals surface area contributed by atoms with E-state index >= 15 is 0 Å². The highest BCUT2D eigenvalue weighted by Gasteiger charge is 2.35. The second kappa shape index (κ2) is 8.45. The maximum absolute atomic E-state index is 4.98. The molecule has 0 spiro atoms. The van der Waals surface area contributed by atoms with Crippen LogP contribution in [0.3, 0.4) is 0 Å². The molecule has 0 bridgehead atoms. The van der Waals surface area contributed by atoms with Crippen molar-refractivity contribution in [3.8, 4) is 39.1 Å². The normalized spacial score (nSPS) is 13.4. The summed E-state index contributed by atoms with van der Waals surface area (Å²) in [5, 5.41) is 12.3. The van der Waals surface area contributed by atoms with Gasteiger partial charge in [0.1, 0.15) is 11.0 Å². The molecule has 4 nitrogen and oxygen atoms in total. The SMILES string of the molecule is CC1(C)c2ccccc2-c2ccc(-c3cc4nn(-c5cccc(-c6ccncc6)c5)nc4c4ccccc34)cc21. The summed E-state index contributed by atoms with van der Waals surface area (Å²) < 4.78 is 0. The van der Waals surface area contributed by atoms with Crippen LogP contribution in [0.15, 0.2) is 122 Å². The molecular formula is C36H26N4. The predicted octanol–water partition coefficient (Wildman–Crippen LogP) is 8.61. The molecule has 1 aliphatic carbocycles. The third kappa shape index (κ3) is 3.36. The highest BCUT2D eigenvalue weighted by Crippen LogP contribution is 2.50. The molecule has 8 rings (SSSR count). The fourth-order valence-electron chi connectivity index (χ4n) is 6.33. The molecule has 0 radical (unpaired) electrons. The highest BCUT2D eigenvalue weighted by molar-refractivity contribution is 6.11. The van der Waals surface area contributed by atoms with Gasteiger partial charge in [0.15, 0.2) is 0 Å². The zero-order chi connectivity index (χ0) is 26.8. The van der Waals surface area contributed by atoms with Crippen LogP contribution >= 0.6 is 0 Å². The van der Waals surface area contributed by atoms with Crippen LogP contribution in [-0.4, -0.2) is 20.0 Å². The van der Waals surface area contributed by atoms with Crippen LogP contribution in [0, 0.1) is 0 Å². The third-order valence-corrected chi connectivity index (χ3v) is 8.38. The average Bonchev–Trinajstić information content (AvgIpc) is 3.54. The first-order valence-corrected chi connectivity index (χ1v) is 13.6. The third-order valence-electron chi connectivity index (χ3n) is 8.38. The Morgan fingerprint density at radius 2 is 1.32 bits per heavy atom. The lowest BCUT2D eigenvalue weighted by Gasteiger charge is -2.22. The van der Waals surface area contributed by atoms with Crippen LogP contribution in [0.4, 0.5) is 0 Å². The van der Waals surface area contributed by atoms with Gasteiger partial charge in [-0.15, -0.1) is 10.2 Å². The molecule has 1 aliphatic rings. The van der Waals surface area contributed by atoms with Crippen molar-refractivity contribution in [3.63, 3.8) is 0 Å². The van der Waals surface area contributed by atoms with Gasteiger partial charge in [0, 0.05) is 23.2 Å². The van der Waals surface area contributed by atoms with Gasteiger partial charge in [-0.2, -0.15) is 4.80 Å². The molecule has 5 aromatic carbocycles. The number of pyridine rings is 1. The molecule has 0 fully saturated rings. The number of rotatable bonds is 3. The van der Waals surface area contributed by atoms with E-state index in [4.69, 9.17) is 10.2 Å². The van der Waals surface area contributed by atoms with Gasteiger partial charge in [-0.25, -0.2) is 0 Å². The number of hydrogen-bond donors (Lipinski definition) is 0. The molecule has 0 amide bonds. The van der Waals surface area contributed by atoms with Gasteiger partial charge in [-0.3, -0.25) is 4.98 Å². The number of nitrogens with zero attached hydrogens (tertiary/aromatic N) is 4. The zero-order valence-electron chi connectivity index (χ0n) is 22.3. The van der Waals surface area contributed by atoms with Gasteiger partial charge in [-0.1, -0.05) is 86.6 Å². The molecule has 0 unspecified atom stereocenters. The van der Waals surface area contributed by atoms with Crippen LogP contribution < -0.4 is 0 Å². The summed E-state index contributed by atoms with van der Waals surface area (Å²) in [5.41, 5.74) is 12.7. The van der Waals surface area contributed by atoms with Crippen molar-refractivity contribution >= 4 is 21.8 Å². The molecule has 2 heterocycles. The standard InChI is InChI=1S/C36H26N4/c1-36(2)32-13-6-5-11-28(32)29-15-14-25(21-33(29)36)31-22-34-35(30-12-4-3-10-27(30)31)39-40(38-34)26-9-7-8-24(20-26)23-16-18-37-19-17-23/h3-22H,1-2H3. The van der Waals surface area contributed by atoms with E-state index in [1.807, 2.05) is 36.7 Å². The smallest absolute Gasteiger partial charge is 0.121 e. The number of benzene rings is 5. The number of fused-ring (bicyclic) bond motifs is 6. The maximum Gasteiger partial charge on any atom is 0.121 e. The Kier molecular flexibility index (Phi) is 4.83. The fourth-order valence-corrected chi connectivity index (χ4v) is 6.33. The zero-order valence-corrected chi connectivity index (χ0v) is 22.3. The summed E-state index contributed by atoms with van der Waals surface area (Å²) in [6, 6.07) is 38.8. The molecular weight excluding hydrogens is 488 g/mol. The second-order valence-electron chi connectivity index (χ2n) is 11.0. The first kappa shape index (κ1) is 22.9. The summed E-state index contributed by atoms with van der Waals surface area (Å²) in [5.74, 6) is 0. The van der Waals surface area contributed by atoms with E-state index in [9.17, 15) is 0 Å². The molecule has 0 N–H and O–H groups in total. The lowest BCUT2D eigenvalue weighted by molar-refractivity contribution is 0.660. The van der Waals surface area contributed by atoms with E-state index in [0.717, 1.165) is 33.2 Å². The summed E-state index contributed by atoms with van der Waals surface area (Å²) >= 11 is 0. The van der Waals surface area contributed by atoms with Crippen molar-refractivity contribution in [1.82, 2.24) is 20.0 Å². The Labute approximate surface area is 232 Å². The van der Waals surface area contributed by atoms with E-state index in [1.54, 1.807) is 4.80 Å². The van der Waals surface area contributed by atoms with E-state index in [0.29, 0.717) is 0 Å². The molecule has 2 aromatic heterocycles. The lowest BCUT2D eigenvalue weighted by atomic mass is 9.81. The highest BCUT2D eigenvalue weighted by atomic mass is 15.5. The van der Waals surface area contributed by atoms with E-state index in [1.165, 1.54) is 38.8 Å². The fraction of sp³-hybridized carbons (Fsp3) is 0.0833. The predicted molar refractivity (Wildman–Crippen MR) is 163 cm³/mol. The van der Waals surface area contributed by atoms with Gasteiger partial charge in [0.05, 0.1) is 5.69 Å². The first-order valence-electron chi connectivity index (χ1n) is 13.6. The Hall–Kier alpha value is -5.09. The van der Waals surface area contributed by atoms with Crippen LogP contribution in [0.2, 0.25) is 0 Å². The van der Waals surface area contributed by atoms with E-state index in [2.05, 4.69) is 104 Å². The van der Waals surface area contributed by atoms with Crippen molar-refractivity contribution in [2.24, 2.45) is 0 Å².